The molecule has 1 rings (SSSR count). The molecule has 0 saturated carbocycles. The molecule has 0 radical (unpaired) electrons. The SMILES string of the molecule is COc1cc(CNC(=O)CBr)ccc1O. The molecule has 4 nitrogen and oxygen atoms in total. The first-order valence-corrected chi connectivity index (χ1v) is 5.48. The lowest BCUT2D eigenvalue weighted by molar-refractivity contribution is -0.118. The molecule has 15 heavy (non-hydrogen) atoms. The van der Waals surface area contributed by atoms with Gasteiger partial charge in [0.2, 0.25) is 5.91 Å². The smallest absolute Gasteiger partial charge is 0.230 e. The molecule has 0 bridgehead atoms. The van der Waals surface area contributed by atoms with Crippen LogP contribution >= 0.6 is 15.9 Å². The minimum absolute atomic E-state index is 0.0814. The first-order chi connectivity index (χ1) is 7.17. The van der Waals surface area contributed by atoms with Gasteiger partial charge in [-0.2, -0.15) is 0 Å². The van der Waals surface area contributed by atoms with E-state index in [1.807, 2.05) is 0 Å². The minimum atomic E-state index is -0.0814. The van der Waals surface area contributed by atoms with E-state index in [-0.39, 0.29) is 17.0 Å². The molecule has 0 aromatic heterocycles. The molecule has 0 aliphatic rings. The van der Waals surface area contributed by atoms with Crippen molar-refractivity contribution < 1.29 is 14.6 Å². The molecule has 0 atom stereocenters. The molecule has 1 aromatic rings. The fourth-order valence-corrected chi connectivity index (χ4v) is 1.28. The number of carbonyl (C=O) groups excluding carboxylic acids is 1. The van der Waals surface area contributed by atoms with Crippen LogP contribution in [0.25, 0.3) is 0 Å². The third-order valence-electron chi connectivity index (χ3n) is 1.86. The lowest BCUT2D eigenvalue weighted by Crippen LogP contribution is -2.23. The molecule has 0 unspecified atom stereocenters. The van der Waals surface area contributed by atoms with Crippen LogP contribution < -0.4 is 10.1 Å². The fourth-order valence-electron chi connectivity index (χ4n) is 1.08. The van der Waals surface area contributed by atoms with Gasteiger partial charge in [-0.15, -0.1) is 0 Å². The Hall–Kier alpha value is -1.23. The molecule has 0 spiro atoms. The number of ether oxygens (including phenoxy) is 1. The van der Waals surface area contributed by atoms with Crippen LogP contribution in [0, 0.1) is 0 Å². The number of phenolic OH excluding ortho intramolecular Hbond substituents is 1. The van der Waals surface area contributed by atoms with Gasteiger partial charge in [0, 0.05) is 6.54 Å². The molecular formula is C10H12BrNO3. The number of hydrogen-bond donors (Lipinski definition) is 2. The van der Waals surface area contributed by atoms with E-state index in [1.165, 1.54) is 13.2 Å². The van der Waals surface area contributed by atoms with Gasteiger partial charge in [-0.3, -0.25) is 4.79 Å². The van der Waals surface area contributed by atoms with E-state index in [0.717, 1.165) is 5.56 Å². The van der Waals surface area contributed by atoms with E-state index in [2.05, 4.69) is 21.2 Å². The summed E-state index contributed by atoms with van der Waals surface area (Å²) in [5.41, 5.74) is 0.874. The predicted octanol–water partition coefficient (Wildman–Crippen LogP) is 1.41. The quantitative estimate of drug-likeness (QED) is 0.816. The molecule has 5 heteroatoms. The summed E-state index contributed by atoms with van der Waals surface area (Å²) in [6.07, 6.45) is 0. The number of halogens is 1. The molecule has 82 valence electrons. The van der Waals surface area contributed by atoms with Gasteiger partial charge in [0.25, 0.3) is 0 Å². The topological polar surface area (TPSA) is 58.6 Å². The normalized spacial score (nSPS) is 9.73. The summed E-state index contributed by atoms with van der Waals surface area (Å²) in [6, 6.07) is 4.95. The van der Waals surface area contributed by atoms with Gasteiger partial charge in [0.05, 0.1) is 12.4 Å². The number of nitrogens with one attached hydrogen (secondary N) is 1. The van der Waals surface area contributed by atoms with Crippen LogP contribution in [0.3, 0.4) is 0 Å². The Bertz CT molecular complexity index is 355. The van der Waals surface area contributed by atoms with Crippen molar-refractivity contribution in [3.63, 3.8) is 0 Å². The molecule has 0 saturated heterocycles. The van der Waals surface area contributed by atoms with Crippen molar-refractivity contribution in [2.24, 2.45) is 0 Å². The molecule has 0 fully saturated rings. The summed E-state index contributed by atoms with van der Waals surface area (Å²) in [5, 5.41) is 12.3. The number of phenols is 1. The number of benzene rings is 1. The Labute approximate surface area is 96.4 Å². The molecular weight excluding hydrogens is 262 g/mol. The maximum atomic E-state index is 11.0. The second-order valence-corrected chi connectivity index (χ2v) is 3.48. The number of aromatic hydroxyl groups is 1. The first kappa shape index (κ1) is 11.8. The highest BCUT2D eigenvalue weighted by molar-refractivity contribution is 9.09. The first-order valence-electron chi connectivity index (χ1n) is 4.36. The Morgan fingerprint density at radius 1 is 1.60 bits per heavy atom. The van der Waals surface area contributed by atoms with E-state index in [4.69, 9.17) is 4.74 Å². The third-order valence-corrected chi connectivity index (χ3v) is 2.36. The summed E-state index contributed by atoms with van der Waals surface area (Å²) in [6.45, 7) is 0.418. The Kier molecular flexibility index (Phi) is 4.42. The predicted molar refractivity (Wildman–Crippen MR) is 60.3 cm³/mol. The number of hydrogen-bond acceptors (Lipinski definition) is 3. The lowest BCUT2D eigenvalue weighted by Gasteiger charge is -2.07. The highest BCUT2D eigenvalue weighted by Crippen LogP contribution is 2.25. The third kappa shape index (κ3) is 3.43. The zero-order valence-corrected chi connectivity index (χ0v) is 9.87. The zero-order chi connectivity index (χ0) is 11.3. The number of methoxy groups -OCH3 is 1. The number of carbonyl (C=O) groups is 1. The van der Waals surface area contributed by atoms with Crippen LogP contribution in [0.1, 0.15) is 5.56 Å². The van der Waals surface area contributed by atoms with Crippen LogP contribution in [-0.4, -0.2) is 23.5 Å². The van der Waals surface area contributed by atoms with Crippen LogP contribution in [-0.2, 0) is 11.3 Å². The number of alkyl halides is 1. The van der Waals surface area contributed by atoms with Crippen molar-refractivity contribution in [2.45, 2.75) is 6.54 Å². The van der Waals surface area contributed by atoms with Crippen LogP contribution in [0.4, 0.5) is 0 Å². The van der Waals surface area contributed by atoms with Gasteiger partial charge in [-0.05, 0) is 17.7 Å². The Balaban J connectivity index is 2.66. The summed E-state index contributed by atoms with van der Waals surface area (Å²) in [4.78, 5) is 11.0. The van der Waals surface area contributed by atoms with Crippen molar-refractivity contribution in [1.29, 1.82) is 0 Å². The van der Waals surface area contributed by atoms with Gasteiger partial charge < -0.3 is 15.2 Å². The summed E-state index contributed by atoms with van der Waals surface area (Å²) < 4.78 is 4.95. The van der Waals surface area contributed by atoms with E-state index in [1.54, 1.807) is 12.1 Å². The molecule has 1 aromatic carbocycles. The van der Waals surface area contributed by atoms with E-state index < -0.39 is 0 Å². The van der Waals surface area contributed by atoms with Crippen molar-refractivity contribution >= 4 is 21.8 Å². The van der Waals surface area contributed by atoms with Crippen molar-refractivity contribution in [3.8, 4) is 11.5 Å². The van der Waals surface area contributed by atoms with E-state index in [9.17, 15) is 9.90 Å². The fraction of sp³-hybridized carbons (Fsp3) is 0.300. The molecule has 0 heterocycles. The van der Waals surface area contributed by atoms with Crippen LogP contribution in [0.2, 0.25) is 0 Å². The minimum Gasteiger partial charge on any atom is -0.504 e. The molecule has 2 N–H and O–H groups in total. The van der Waals surface area contributed by atoms with Gasteiger partial charge in [0.15, 0.2) is 11.5 Å². The molecule has 0 aliphatic heterocycles. The van der Waals surface area contributed by atoms with Gasteiger partial charge in [0.1, 0.15) is 0 Å². The van der Waals surface area contributed by atoms with E-state index in [0.29, 0.717) is 12.3 Å². The number of amides is 1. The average molecular weight is 274 g/mol. The summed E-state index contributed by atoms with van der Waals surface area (Å²) in [7, 11) is 1.48. The van der Waals surface area contributed by atoms with Crippen molar-refractivity contribution in [3.05, 3.63) is 23.8 Å². The standard InChI is InChI=1S/C10H12BrNO3/c1-15-9-4-7(2-3-8(9)13)6-12-10(14)5-11/h2-4,13H,5-6H2,1H3,(H,12,14). The second-order valence-electron chi connectivity index (χ2n) is 2.92. The molecule has 1 amide bonds. The second kappa shape index (κ2) is 5.60. The Morgan fingerprint density at radius 2 is 2.33 bits per heavy atom. The lowest BCUT2D eigenvalue weighted by atomic mass is 10.2. The Morgan fingerprint density at radius 3 is 2.93 bits per heavy atom. The van der Waals surface area contributed by atoms with Crippen molar-refractivity contribution in [1.82, 2.24) is 5.32 Å². The number of rotatable bonds is 4. The monoisotopic (exact) mass is 273 g/mol. The average Bonchev–Trinajstić information content (AvgIpc) is 2.27. The van der Waals surface area contributed by atoms with Gasteiger partial charge in [-0.25, -0.2) is 0 Å². The maximum absolute atomic E-state index is 11.0. The summed E-state index contributed by atoms with van der Waals surface area (Å²) >= 11 is 3.05. The van der Waals surface area contributed by atoms with E-state index >= 15 is 0 Å². The molecule has 0 aliphatic carbocycles. The van der Waals surface area contributed by atoms with Crippen LogP contribution in [0.15, 0.2) is 18.2 Å². The van der Waals surface area contributed by atoms with Gasteiger partial charge in [-0.1, -0.05) is 22.0 Å². The van der Waals surface area contributed by atoms with Crippen molar-refractivity contribution in [2.75, 3.05) is 12.4 Å². The highest BCUT2D eigenvalue weighted by Gasteiger charge is 2.03. The van der Waals surface area contributed by atoms with Gasteiger partial charge >= 0.3 is 0 Å². The summed E-state index contributed by atoms with van der Waals surface area (Å²) in [5.74, 6) is 0.413. The van der Waals surface area contributed by atoms with Crippen LogP contribution in [0.5, 0.6) is 11.5 Å². The largest absolute Gasteiger partial charge is 0.504 e. The maximum Gasteiger partial charge on any atom is 0.230 e. The zero-order valence-electron chi connectivity index (χ0n) is 8.29. The highest BCUT2D eigenvalue weighted by atomic mass is 79.9.